The third kappa shape index (κ3) is 10.7. The molecule has 44 valence electrons. The Morgan fingerprint density at radius 3 is 2.43 bits per heavy atom. The van der Waals surface area contributed by atoms with Crippen LogP contribution in [-0.4, -0.2) is 18.3 Å². The summed E-state index contributed by atoms with van der Waals surface area (Å²) in [5.41, 5.74) is 0. The SMILES string of the molecule is O=NOCCO.S. The van der Waals surface area contributed by atoms with Crippen molar-refractivity contribution in [3.8, 4) is 0 Å². The summed E-state index contributed by atoms with van der Waals surface area (Å²) in [5.74, 6) is 0. The molecule has 0 aromatic rings. The third-order valence-corrected chi connectivity index (χ3v) is 0.235. The zero-order chi connectivity index (χ0) is 4.83. The van der Waals surface area contributed by atoms with E-state index in [-0.39, 0.29) is 26.7 Å². The number of aliphatic hydroxyl groups is 1. The van der Waals surface area contributed by atoms with Crippen molar-refractivity contribution in [2.24, 2.45) is 5.34 Å². The smallest absolute Gasteiger partial charge is 0.155 e. The summed E-state index contributed by atoms with van der Waals surface area (Å²) in [5, 5.41) is 9.89. The van der Waals surface area contributed by atoms with E-state index in [2.05, 4.69) is 4.84 Å². The minimum Gasteiger partial charge on any atom is -0.393 e. The molecule has 4 nitrogen and oxygen atoms in total. The van der Waals surface area contributed by atoms with Gasteiger partial charge in [0.1, 0.15) is 6.61 Å². The van der Waals surface area contributed by atoms with Crippen molar-refractivity contribution in [2.45, 2.75) is 0 Å². The van der Waals surface area contributed by atoms with E-state index in [0.29, 0.717) is 0 Å². The van der Waals surface area contributed by atoms with E-state index >= 15 is 0 Å². The van der Waals surface area contributed by atoms with Gasteiger partial charge in [0.2, 0.25) is 0 Å². The van der Waals surface area contributed by atoms with Crippen LogP contribution in [0, 0.1) is 4.91 Å². The van der Waals surface area contributed by atoms with E-state index in [1.165, 1.54) is 0 Å². The van der Waals surface area contributed by atoms with Crippen LogP contribution in [0.4, 0.5) is 0 Å². The maximum absolute atomic E-state index is 8.98. The molecule has 1 N–H and O–H groups in total. The second kappa shape index (κ2) is 9.20. The highest BCUT2D eigenvalue weighted by molar-refractivity contribution is 7.59. The number of rotatable bonds is 3. The second-order valence-electron chi connectivity index (χ2n) is 0.631. The molecule has 0 saturated heterocycles. The van der Waals surface area contributed by atoms with Crippen LogP contribution < -0.4 is 0 Å². The largest absolute Gasteiger partial charge is 0.393 e. The highest BCUT2D eigenvalue weighted by Gasteiger charge is 1.74. The normalized spacial score (nSPS) is 6.43. The van der Waals surface area contributed by atoms with Crippen LogP contribution in [0.15, 0.2) is 5.34 Å². The fourth-order valence-electron chi connectivity index (χ4n) is 0.0781. The molecule has 0 atom stereocenters. The predicted octanol–water partition coefficient (Wildman–Crippen LogP) is -0.210. The van der Waals surface area contributed by atoms with E-state index in [1.807, 2.05) is 5.34 Å². The standard InChI is InChI=1S/C2H5NO3.H2S/c4-1-2-6-3-5;/h4H,1-2H2;1H2. The van der Waals surface area contributed by atoms with Gasteiger partial charge in [0.05, 0.1) is 6.61 Å². The molecule has 0 amide bonds. The molecule has 0 aliphatic carbocycles. The molecule has 0 saturated carbocycles. The molecule has 0 aliphatic heterocycles. The molecule has 0 aromatic carbocycles. The molecule has 0 unspecified atom stereocenters. The number of hydrogen-bond acceptors (Lipinski definition) is 4. The van der Waals surface area contributed by atoms with E-state index < -0.39 is 0 Å². The summed E-state index contributed by atoms with van der Waals surface area (Å²) in [6.07, 6.45) is 0. The van der Waals surface area contributed by atoms with E-state index in [0.717, 1.165) is 0 Å². The lowest BCUT2D eigenvalue weighted by molar-refractivity contribution is 0.0952. The average molecular weight is 125 g/mol. The lowest BCUT2D eigenvalue weighted by atomic mass is 10.8. The van der Waals surface area contributed by atoms with E-state index in [1.54, 1.807) is 0 Å². The van der Waals surface area contributed by atoms with Crippen molar-refractivity contribution in [3.63, 3.8) is 0 Å². The third-order valence-electron chi connectivity index (χ3n) is 0.235. The first-order valence-corrected chi connectivity index (χ1v) is 1.47. The molecule has 7 heavy (non-hydrogen) atoms. The minimum absolute atomic E-state index is 0. The molecule has 0 radical (unpaired) electrons. The van der Waals surface area contributed by atoms with Crippen molar-refractivity contribution in [3.05, 3.63) is 4.91 Å². The Hall–Kier alpha value is -0.290. The van der Waals surface area contributed by atoms with E-state index in [4.69, 9.17) is 10.0 Å². The first kappa shape index (κ1) is 9.86. The average Bonchev–Trinajstić information content (AvgIpc) is 1.61. The molecular formula is C2H7NO3S. The zero-order valence-electron chi connectivity index (χ0n) is 3.63. The Kier molecular flexibility index (Phi) is 13.0. The van der Waals surface area contributed by atoms with Gasteiger partial charge in [0.15, 0.2) is 5.34 Å². The number of nitrogens with zero attached hydrogens (tertiary/aromatic N) is 1. The quantitative estimate of drug-likeness (QED) is 0.322. The molecule has 5 heteroatoms. The Balaban J connectivity index is 0. The summed E-state index contributed by atoms with van der Waals surface area (Å²) in [6.45, 7) is -0.171. The highest BCUT2D eigenvalue weighted by atomic mass is 32.1. The maximum atomic E-state index is 8.98. The molecule has 0 fully saturated rings. The summed E-state index contributed by atoms with van der Waals surface area (Å²) in [6, 6.07) is 0. The van der Waals surface area contributed by atoms with Gasteiger partial charge in [-0.25, -0.2) is 0 Å². The summed E-state index contributed by atoms with van der Waals surface area (Å²) in [7, 11) is 0. The topological polar surface area (TPSA) is 58.9 Å². The Bertz CT molecular complexity index is 41.9. The molecule has 0 aromatic heterocycles. The minimum atomic E-state index is -0.161. The Labute approximate surface area is 47.9 Å². The summed E-state index contributed by atoms with van der Waals surface area (Å²) in [4.78, 5) is 12.8. The van der Waals surface area contributed by atoms with Crippen molar-refractivity contribution in [2.75, 3.05) is 13.2 Å². The lowest BCUT2D eigenvalue weighted by Crippen LogP contribution is -1.90. The van der Waals surface area contributed by atoms with Gasteiger partial charge in [-0.3, -0.25) is 0 Å². The highest BCUT2D eigenvalue weighted by Crippen LogP contribution is 1.67. The first-order chi connectivity index (χ1) is 2.91. The van der Waals surface area contributed by atoms with Crippen LogP contribution >= 0.6 is 13.5 Å². The van der Waals surface area contributed by atoms with Crippen molar-refractivity contribution >= 4 is 13.5 Å². The van der Waals surface area contributed by atoms with Crippen LogP contribution in [0.2, 0.25) is 0 Å². The molecule has 0 aliphatic rings. The van der Waals surface area contributed by atoms with Crippen LogP contribution in [-0.2, 0) is 4.84 Å². The molecule has 0 heterocycles. The first-order valence-electron chi connectivity index (χ1n) is 1.47. The Morgan fingerprint density at radius 1 is 1.71 bits per heavy atom. The summed E-state index contributed by atoms with van der Waals surface area (Å²) >= 11 is 0. The fraction of sp³-hybridized carbons (Fsp3) is 1.00. The van der Waals surface area contributed by atoms with Gasteiger partial charge < -0.3 is 9.94 Å². The fourth-order valence-corrected chi connectivity index (χ4v) is 0.0781. The predicted molar refractivity (Wildman–Crippen MR) is 29.2 cm³/mol. The van der Waals surface area contributed by atoms with Gasteiger partial charge in [-0.05, 0) is 0 Å². The van der Waals surface area contributed by atoms with Crippen molar-refractivity contribution < 1.29 is 9.94 Å². The van der Waals surface area contributed by atoms with Gasteiger partial charge in [-0.15, -0.1) is 4.91 Å². The number of aliphatic hydroxyl groups excluding tert-OH is 1. The lowest BCUT2D eigenvalue weighted by Gasteiger charge is -1.83. The van der Waals surface area contributed by atoms with Crippen molar-refractivity contribution in [1.29, 1.82) is 0 Å². The van der Waals surface area contributed by atoms with Crippen LogP contribution in [0.1, 0.15) is 0 Å². The van der Waals surface area contributed by atoms with Crippen LogP contribution in [0.25, 0.3) is 0 Å². The molecular weight excluding hydrogens is 118 g/mol. The molecule has 0 bridgehead atoms. The van der Waals surface area contributed by atoms with E-state index in [9.17, 15) is 0 Å². The van der Waals surface area contributed by atoms with Gasteiger partial charge >= 0.3 is 0 Å². The molecule has 0 spiro atoms. The molecule has 0 rings (SSSR count). The maximum Gasteiger partial charge on any atom is 0.155 e. The number of hydrogen-bond donors (Lipinski definition) is 1. The van der Waals surface area contributed by atoms with Crippen LogP contribution in [0.3, 0.4) is 0 Å². The van der Waals surface area contributed by atoms with Gasteiger partial charge in [0.25, 0.3) is 0 Å². The van der Waals surface area contributed by atoms with Crippen molar-refractivity contribution in [1.82, 2.24) is 0 Å². The zero-order valence-corrected chi connectivity index (χ0v) is 4.63. The van der Waals surface area contributed by atoms with Gasteiger partial charge in [-0.2, -0.15) is 13.5 Å². The Morgan fingerprint density at radius 2 is 2.29 bits per heavy atom. The van der Waals surface area contributed by atoms with Crippen LogP contribution in [0.5, 0.6) is 0 Å². The monoisotopic (exact) mass is 125 g/mol. The summed E-state index contributed by atoms with van der Waals surface area (Å²) < 4.78 is 0. The second-order valence-corrected chi connectivity index (χ2v) is 0.631. The van der Waals surface area contributed by atoms with Gasteiger partial charge in [0, 0.05) is 0 Å². The van der Waals surface area contributed by atoms with Gasteiger partial charge in [-0.1, -0.05) is 0 Å².